The largest absolute Gasteiger partial charge is 0.336 e. The van der Waals surface area contributed by atoms with Gasteiger partial charge in [-0.15, -0.1) is 24.8 Å². The predicted molar refractivity (Wildman–Crippen MR) is 137 cm³/mol. The van der Waals surface area contributed by atoms with Crippen LogP contribution in [0.25, 0.3) is 22.6 Å². The van der Waals surface area contributed by atoms with Crippen molar-refractivity contribution in [2.75, 3.05) is 13.1 Å². The van der Waals surface area contributed by atoms with E-state index in [2.05, 4.69) is 25.1 Å². The van der Waals surface area contributed by atoms with Crippen LogP contribution in [0.1, 0.15) is 46.9 Å². The number of fused-ring (bicyclic) bond motifs is 2. The Bertz CT molecular complexity index is 1150. The number of benzene rings is 2. The molecule has 0 spiro atoms. The number of pyridine rings is 1. The molecule has 5 rings (SSSR count). The van der Waals surface area contributed by atoms with Crippen molar-refractivity contribution in [1.82, 2.24) is 9.88 Å². The Labute approximate surface area is 201 Å². The van der Waals surface area contributed by atoms with Gasteiger partial charge in [0.25, 0.3) is 5.91 Å². The van der Waals surface area contributed by atoms with E-state index in [0.717, 1.165) is 53.5 Å². The fourth-order valence-electron chi connectivity index (χ4n) is 5.01. The number of rotatable bonds is 3. The molecule has 2 N–H and O–H groups in total. The molecule has 1 aromatic heterocycles. The van der Waals surface area contributed by atoms with E-state index >= 15 is 0 Å². The third-order valence-electron chi connectivity index (χ3n) is 6.55. The zero-order chi connectivity index (χ0) is 20.7. The number of carbonyl (C=O) groups is 1. The lowest BCUT2D eigenvalue weighted by Gasteiger charge is -2.24. The first-order valence-electron chi connectivity index (χ1n) is 10.8. The molecule has 32 heavy (non-hydrogen) atoms. The lowest BCUT2D eigenvalue weighted by Crippen LogP contribution is -2.35. The van der Waals surface area contributed by atoms with Crippen molar-refractivity contribution in [2.24, 2.45) is 11.7 Å². The fraction of sp³-hybridized carbons (Fsp3) is 0.308. The lowest BCUT2D eigenvalue weighted by atomic mass is 9.99. The molecular formula is C26H29Cl2N3O. The minimum Gasteiger partial charge on any atom is -0.336 e. The van der Waals surface area contributed by atoms with Crippen LogP contribution in [0.2, 0.25) is 0 Å². The molecule has 4 nitrogen and oxygen atoms in total. The van der Waals surface area contributed by atoms with Gasteiger partial charge in [0, 0.05) is 18.0 Å². The number of hydrogen-bond donors (Lipinski definition) is 1. The maximum absolute atomic E-state index is 13.8. The van der Waals surface area contributed by atoms with Crippen molar-refractivity contribution in [3.8, 4) is 0 Å². The summed E-state index contributed by atoms with van der Waals surface area (Å²) in [5, 5.41) is 0.964. The highest BCUT2D eigenvalue weighted by atomic mass is 35.5. The Hall–Kier alpha value is -2.40. The summed E-state index contributed by atoms with van der Waals surface area (Å²) in [7, 11) is 0. The van der Waals surface area contributed by atoms with Gasteiger partial charge in [-0.2, -0.15) is 0 Å². The van der Waals surface area contributed by atoms with Gasteiger partial charge in [0.2, 0.25) is 0 Å². The van der Waals surface area contributed by atoms with Gasteiger partial charge in [-0.05, 0) is 67.5 Å². The highest BCUT2D eigenvalue weighted by molar-refractivity contribution is 6.09. The minimum absolute atomic E-state index is 0. The second-order valence-corrected chi connectivity index (χ2v) is 8.56. The smallest absolute Gasteiger partial charge is 0.255 e. The van der Waals surface area contributed by atoms with Crippen LogP contribution < -0.4 is 5.73 Å². The van der Waals surface area contributed by atoms with E-state index in [1.54, 1.807) is 0 Å². The molecule has 168 valence electrons. The molecule has 1 aliphatic heterocycles. The summed E-state index contributed by atoms with van der Waals surface area (Å²) in [6.07, 6.45) is 4.96. The van der Waals surface area contributed by atoms with E-state index in [1.807, 2.05) is 47.4 Å². The maximum Gasteiger partial charge on any atom is 0.255 e. The number of nitrogens with zero attached hydrogens (tertiary/aromatic N) is 2. The molecule has 3 aromatic rings. The van der Waals surface area contributed by atoms with Crippen LogP contribution in [0.15, 0.2) is 54.6 Å². The minimum atomic E-state index is 0. The Kier molecular flexibility index (Phi) is 7.60. The van der Waals surface area contributed by atoms with E-state index in [1.165, 1.54) is 11.1 Å². The second-order valence-electron chi connectivity index (χ2n) is 8.56. The number of allylic oxidation sites excluding steroid dienone is 1. The Morgan fingerprint density at radius 2 is 1.81 bits per heavy atom. The molecule has 2 heterocycles. The molecule has 1 amide bonds. The zero-order valence-corrected chi connectivity index (χ0v) is 19.8. The molecule has 1 saturated heterocycles. The van der Waals surface area contributed by atoms with Gasteiger partial charge in [-0.1, -0.05) is 48.5 Å². The van der Waals surface area contributed by atoms with E-state index in [4.69, 9.17) is 10.7 Å². The van der Waals surface area contributed by atoms with Crippen molar-refractivity contribution in [3.05, 3.63) is 77.0 Å². The number of hydrogen-bond acceptors (Lipinski definition) is 3. The van der Waals surface area contributed by atoms with Crippen molar-refractivity contribution in [2.45, 2.75) is 32.2 Å². The third kappa shape index (κ3) is 4.27. The van der Waals surface area contributed by atoms with Gasteiger partial charge in [0.1, 0.15) is 0 Å². The van der Waals surface area contributed by atoms with E-state index in [0.29, 0.717) is 12.5 Å². The molecule has 0 radical (unpaired) electrons. The van der Waals surface area contributed by atoms with Crippen LogP contribution in [-0.4, -0.2) is 34.9 Å². The maximum atomic E-state index is 13.8. The predicted octanol–water partition coefficient (Wildman–Crippen LogP) is 5.37. The first kappa shape index (κ1) is 24.2. The first-order chi connectivity index (χ1) is 14.7. The van der Waals surface area contributed by atoms with Crippen LogP contribution in [0, 0.1) is 5.92 Å². The second kappa shape index (κ2) is 10.0. The molecule has 1 aliphatic carbocycles. The highest BCUT2D eigenvalue weighted by Crippen LogP contribution is 2.39. The van der Waals surface area contributed by atoms with Crippen molar-refractivity contribution >= 4 is 53.3 Å². The average molecular weight is 470 g/mol. The van der Waals surface area contributed by atoms with Crippen LogP contribution in [0.5, 0.6) is 0 Å². The number of nitrogens with two attached hydrogens (primary N) is 1. The zero-order valence-electron chi connectivity index (χ0n) is 18.2. The molecule has 6 heteroatoms. The fourth-order valence-corrected chi connectivity index (χ4v) is 5.01. The number of amides is 1. The van der Waals surface area contributed by atoms with Crippen LogP contribution in [-0.2, 0) is 6.42 Å². The molecule has 0 bridgehead atoms. The Morgan fingerprint density at radius 1 is 1.09 bits per heavy atom. The standard InChI is InChI=1S/C26H27N3O.2ClH/c1-17-13-19(15-27)16-29(17)26(30)24-21-9-5-6-10-23(21)28-25-20(11-12-22(24)25)14-18-7-3-2-4-8-18;;/h2-10,14,17,19H,11-13,15-16,27H2,1H3;2*1H/b20-14-;;. The Balaban J connectivity index is 0.00000144. The summed E-state index contributed by atoms with van der Waals surface area (Å²) in [6.45, 7) is 3.51. The van der Waals surface area contributed by atoms with Gasteiger partial charge in [0.05, 0.1) is 16.8 Å². The summed E-state index contributed by atoms with van der Waals surface area (Å²) >= 11 is 0. The molecule has 1 fully saturated rings. The summed E-state index contributed by atoms with van der Waals surface area (Å²) in [4.78, 5) is 20.8. The number of aromatic nitrogens is 1. The highest BCUT2D eigenvalue weighted by Gasteiger charge is 2.35. The van der Waals surface area contributed by atoms with E-state index < -0.39 is 0 Å². The van der Waals surface area contributed by atoms with Crippen molar-refractivity contribution in [1.29, 1.82) is 0 Å². The van der Waals surface area contributed by atoms with Gasteiger partial charge in [0.15, 0.2) is 0 Å². The van der Waals surface area contributed by atoms with Crippen LogP contribution >= 0.6 is 24.8 Å². The summed E-state index contributed by atoms with van der Waals surface area (Å²) in [5.74, 6) is 0.521. The van der Waals surface area contributed by atoms with E-state index in [9.17, 15) is 4.79 Å². The van der Waals surface area contributed by atoms with Crippen molar-refractivity contribution < 1.29 is 4.79 Å². The number of carbonyl (C=O) groups excluding carboxylic acids is 1. The van der Waals surface area contributed by atoms with Gasteiger partial charge in [-0.3, -0.25) is 4.79 Å². The lowest BCUT2D eigenvalue weighted by molar-refractivity contribution is 0.0744. The molecule has 2 aromatic carbocycles. The monoisotopic (exact) mass is 469 g/mol. The van der Waals surface area contributed by atoms with Gasteiger partial charge in [-0.25, -0.2) is 4.98 Å². The average Bonchev–Trinajstić information content (AvgIpc) is 3.35. The van der Waals surface area contributed by atoms with Gasteiger partial charge < -0.3 is 10.6 Å². The number of likely N-dealkylation sites (tertiary alicyclic amines) is 1. The molecule has 2 unspecified atom stereocenters. The number of halogens is 2. The van der Waals surface area contributed by atoms with E-state index in [-0.39, 0.29) is 36.8 Å². The topological polar surface area (TPSA) is 59.2 Å². The Morgan fingerprint density at radius 3 is 2.53 bits per heavy atom. The van der Waals surface area contributed by atoms with Gasteiger partial charge >= 0.3 is 0 Å². The molecule has 2 aliphatic rings. The van der Waals surface area contributed by atoms with Crippen LogP contribution in [0.4, 0.5) is 0 Å². The summed E-state index contributed by atoms with van der Waals surface area (Å²) < 4.78 is 0. The normalized spacial score (nSPS) is 20.7. The molecular weight excluding hydrogens is 441 g/mol. The SMILES string of the molecule is CC1CC(CN)CN1C(=O)c1c2c(nc3ccccc13)/C(=C\c1ccccc1)CC2.Cl.Cl. The summed E-state index contributed by atoms with van der Waals surface area (Å²) in [5.41, 5.74) is 12.1. The molecule has 2 atom stereocenters. The summed E-state index contributed by atoms with van der Waals surface area (Å²) in [6, 6.07) is 18.6. The first-order valence-corrected chi connectivity index (χ1v) is 10.8. The molecule has 0 saturated carbocycles. The number of para-hydroxylation sites is 1. The quantitative estimate of drug-likeness (QED) is 0.560. The van der Waals surface area contributed by atoms with Crippen LogP contribution in [0.3, 0.4) is 0 Å². The third-order valence-corrected chi connectivity index (χ3v) is 6.55. The van der Waals surface area contributed by atoms with Crippen molar-refractivity contribution in [3.63, 3.8) is 0 Å².